The zero-order valence-electron chi connectivity index (χ0n) is 10.2. The summed E-state index contributed by atoms with van der Waals surface area (Å²) in [5.41, 5.74) is 0.996. The summed E-state index contributed by atoms with van der Waals surface area (Å²) in [5.74, 6) is 0. The minimum Gasteiger partial charge on any atom is -0.315 e. The molecule has 0 aliphatic carbocycles. The van der Waals surface area contributed by atoms with Crippen molar-refractivity contribution in [1.29, 1.82) is 0 Å². The molecule has 1 aliphatic heterocycles. The van der Waals surface area contributed by atoms with Crippen LogP contribution in [-0.2, 0) is 10.0 Å². The Morgan fingerprint density at radius 3 is 2.37 bits per heavy atom. The molecule has 0 amide bonds. The maximum absolute atomic E-state index is 12.3. The SMILES string of the molecule is Cc1cc(Br)c(S(=O)(=O)NC2CCNC2)c(Br)c1.Cl. The van der Waals surface area contributed by atoms with Crippen LogP contribution in [0.25, 0.3) is 0 Å². The lowest BCUT2D eigenvalue weighted by Crippen LogP contribution is -2.36. The second-order valence-corrected chi connectivity index (χ2v) is 7.73. The average molecular weight is 435 g/mol. The number of sulfonamides is 1. The topological polar surface area (TPSA) is 58.2 Å². The van der Waals surface area contributed by atoms with Gasteiger partial charge in [0.2, 0.25) is 10.0 Å². The largest absolute Gasteiger partial charge is 0.315 e. The standard InChI is InChI=1S/C11H14Br2N2O2S.ClH/c1-7-4-9(12)11(10(13)5-7)18(16,17)15-8-2-3-14-6-8;/h4-5,8,14-15H,2-3,6H2,1H3;1H. The van der Waals surface area contributed by atoms with Crippen LogP contribution in [-0.4, -0.2) is 27.5 Å². The van der Waals surface area contributed by atoms with Crippen LogP contribution in [0.5, 0.6) is 0 Å². The smallest absolute Gasteiger partial charge is 0.243 e. The molecule has 1 unspecified atom stereocenters. The van der Waals surface area contributed by atoms with Gasteiger partial charge in [0, 0.05) is 21.5 Å². The zero-order valence-corrected chi connectivity index (χ0v) is 15.0. The second kappa shape index (κ2) is 6.87. The summed E-state index contributed by atoms with van der Waals surface area (Å²) in [6.07, 6.45) is 0.820. The Hall–Kier alpha value is 0.340. The molecule has 0 aromatic heterocycles. The minimum absolute atomic E-state index is 0. The van der Waals surface area contributed by atoms with Crippen molar-refractivity contribution in [2.24, 2.45) is 0 Å². The monoisotopic (exact) mass is 432 g/mol. The zero-order chi connectivity index (χ0) is 13.3. The molecular weight excluding hydrogens is 419 g/mol. The number of hydrogen-bond donors (Lipinski definition) is 2. The molecule has 4 nitrogen and oxygen atoms in total. The van der Waals surface area contributed by atoms with E-state index in [0.717, 1.165) is 18.5 Å². The second-order valence-electron chi connectivity index (χ2n) is 4.37. The van der Waals surface area contributed by atoms with Crippen LogP contribution >= 0.6 is 44.3 Å². The number of benzene rings is 1. The quantitative estimate of drug-likeness (QED) is 0.769. The van der Waals surface area contributed by atoms with Gasteiger partial charge in [0.1, 0.15) is 4.90 Å². The van der Waals surface area contributed by atoms with Crippen molar-refractivity contribution in [3.63, 3.8) is 0 Å². The number of aryl methyl sites for hydroxylation is 1. The third kappa shape index (κ3) is 4.15. The molecular formula is C11H15Br2ClN2O2S. The molecule has 2 rings (SSSR count). The lowest BCUT2D eigenvalue weighted by atomic mass is 10.2. The molecule has 1 saturated heterocycles. The average Bonchev–Trinajstić information content (AvgIpc) is 2.66. The summed E-state index contributed by atoms with van der Waals surface area (Å²) in [6, 6.07) is 3.56. The molecule has 1 atom stereocenters. The maximum atomic E-state index is 12.3. The molecule has 1 fully saturated rings. The molecule has 108 valence electrons. The molecule has 1 aromatic rings. The van der Waals surface area contributed by atoms with Crippen LogP contribution in [0.2, 0.25) is 0 Å². The summed E-state index contributed by atoms with van der Waals surface area (Å²) in [7, 11) is -3.51. The van der Waals surface area contributed by atoms with Crippen molar-refractivity contribution in [2.75, 3.05) is 13.1 Å². The Morgan fingerprint density at radius 2 is 1.89 bits per heavy atom. The summed E-state index contributed by atoms with van der Waals surface area (Å²) < 4.78 is 28.6. The summed E-state index contributed by atoms with van der Waals surface area (Å²) in [4.78, 5) is 0.264. The van der Waals surface area contributed by atoms with Crippen molar-refractivity contribution in [2.45, 2.75) is 24.3 Å². The highest BCUT2D eigenvalue weighted by Crippen LogP contribution is 2.31. The molecule has 1 aliphatic rings. The van der Waals surface area contributed by atoms with E-state index in [1.807, 2.05) is 6.92 Å². The predicted molar refractivity (Wildman–Crippen MR) is 85.4 cm³/mol. The highest BCUT2D eigenvalue weighted by atomic mass is 79.9. The summed E-state index contributed by atoms with van der Waals surface area (Å²) >= 11 is 6.64. The molecule has 0 saturated carbocycles. The first-order valence-electron chi connectivity index (χ1n) is 5.59. The van der Waals surface area contributed by atoms with Crippen LogP contribution in [0.1, 0.15) is 12.0 Å². The maximum Gasteiger partial charge on any atom is 0.243 e. The Labute approximate surface area is 136 Å². The fourth-order valence-corrected chi connectivity index (χ4v) is 6.06. The fourth-order valence-electron chi connectivity index (χ4n) is 1.98. The molecule has 19 heavy (non-hydrogen) atoms. The van der Waals surface area contributed by atoms with Crippen LogP contribution in [0.4, 0.5) is 0 Å². The van der Waals surface area contributed by atoms with E-state index >= 15 is 0 Å². The molecule has 0 spiro atoms. The molecule has 8 heteroatoms. The van der Waals surface area contributed by atoms with Crippen LogP contribution in [0.15, 0.2) is 26.0 Å². The summed E-state index contributed by atoms with van der Waals surface area (Å²) in [6.45, 7) is 3.45. The van der Waals surface area contributed by atoms with Gasteiger partial charge in [-0.05, 0) is 69.4 Å². The molecule has 0 bridgehead atoms. The van der Waals surface area contributed by atoms with E-state index in [1.165, 1.54) is 0 Å². The van der Waals surface area contributed by atoms with E-state index in [0.29, 0.717) is 15.5 Å². The Morgan fingerprint density at radius 1 is 1.32 bits per heavy atom. The van der Waals surface area contributed by atoms with Gasteiger partial charge >= 0.3 is 0 Å². The summed E-state index contributed by atoms with van der Waals surface area (Å²) in [5, 5.41) is 3.13. The highest BCUT2D eigenvalue weighted by molar-refractivity contribution is 9.11. The van der Waals surface area contributed by atoms with Crippen molar-refractivity contribution >= 4 is 54.3 Å². The normalized spacial score (nSPS) is 19.2. The van der Waals surface area contributed by atoms with Crippen molar-refractivity contribution in [3.05, 3.63) is 26.6 Å². The Balaban J connectivity index is 0.00000180. The number of rotatable bonds is 3. The van der Waals surface area contributed by atoms with Crippen molar-refractivity contribution in [1.82, 2.24) is 10.0 Å². The van der Waals surface area contributed by atoms with Crippen molar-refractivity contribution in [3.8, 4) is 0 Å². The number of halogens is 3. The van der Waals surface area contributed by atoms with E-state index in [1.54, 1.807) is 12.1 Å². The fraction of sp³-hybridized carbons (Fsp3) is 0.455. The highest BCUT2D eigenvalue weighted by Gasteiger charge is 2.26. The van der Waals surface area contributed by atoms with Gasteiger partial charge < -0.3 is 5.32 Å². The van der Waals surface area contributed by atoms with E-state index in [9.17, 15) is 8.42 Å². The van der Waals surface area contributed by atoms with Gasteiger partial charge in [-0.25, -0.2) is 13.1 Å². The third-order valence-electron chi connectivity index (χ3n) is 2.79. The first-order valence-corrected chi connectivity index (χ1v) is 8.66. The Kier molecular flexibility index (Phi) is 6.28. The third-order valence-corrected chi connectivity index (χ3v) is 6.19. The Bertz CT molecular complexity index is 537. The lowest BCUT2D eigenvalue weighted by molar-refractivity contribution is 0.559. The van der Waals surface area contributed by atoms with Gasteiger partial charge in [-0.1, -0.05) is 0 Å². The molecule has 1 heterocycles. The van der Waals surface area contributed by atoms with Gasteiger partial charge in [-0.2, -0.15) is 0 Å². The first kappa shape index (κ1) is 17.4. The predicted octanol–water partition coefficient (Wildman–Crippen LogP) is 2.58. The van der Waals surface area contributed by atoms with Gasteiger partial charge in [0.05, 0.1) is 0 Å². The van der Waals surface area contributed by atoms with Crippen LogP contribution < -0.4 is 10.0 Å². The van der Waals surface area contributed by atoms with Gasteiger partial charge in [-0.3, -0.25) is 0 Å². The number of hydrogen-bond acceptors (Lipinski definition) is 3. The van der Waals surface area contributed by atoms with Crippen molar-refractivity contribution < 1.29 is 8.42 Å². The van der Waals surface area contributed by atoms with Crippen LogP contribution in [0.3, 0.4) is 0 Å². The minimum atomic E-state index is -3.51. The molecule has 2 N–H and O–H groups in total. The van der Waals surface area contributed by atoms with E-state index < -0.39 is 10.0 Å². The van der Waals surface area contributed by atoms with Crippen LogP contribution in [0, 0.1) is 6.92 Å². The van der Waals surface area contributed by atoms with Gasteiger partial charge in [0.25, 0.3) is 0 Å². The molecule has 0 radical (unpaired) electrons. The van der Waals surface area contributed by atoms with Gasteiger partial charge in [-0.15, -0.1) is 12.4 Å². The molecule has 1 aromatic carbocycles. The lowest BCUT2D eigenvalue weighted by Gasteiger charge is -2.14. The van der Waals surface area contributed by atoms with Gasteiger partial charge in [0.15, 0.2) is 0 Å². The van der Waals surface area contributed by atoms with E-state index in [4.69, 9.17) is 0 Å². The van der Waals surface area contributed by atoms with E-state index in [-0.39, 0.29) is 23.3 Å². The number of nitrogens with one attached hydrogen (secondary N) is 2. The first-order chi connectivity index (χ1) is 8.40. The van der Waals surface area contributed by atoms with E-state index in [2.05, 4.69) is 41.9 Å².